The quantitative estimate of drug-likeness (QED) is 0.513. The van der Waals surface area contributed by atoms with Gasteiger partial charge in [0.15, 0.2) is 0 Å². The largest absolute Gasteiger partial charge is 0.434 e. The zero-order valence-corrected chi connectivity index (χ0v) is 18.3. The summed E-state index contributed by atoms with van der Waals surface area (Å²) in [4.78, 5) is 1.95. The van der Waals surface area contributed by atoms with Gasteiger partial charge in [0.25, 0.3) is 0 Å². The third-order valence-electron chi connectivity index (χ3n) is 5.56. The van der Waals surface area contributed by atoms with Crippen molar-refractivity contribution in [2.75, 3.05) is 25.0 Å². The van der Waals surface area contributed by atoms with Gasteiger partial charge in [0.05, 0.1) is 16.8 Å². The number of piperidine rings is 1. The Balaban J connectivity index is 1.76. The van der Waals surface area contributed by atoms with Crippen LogP contribution < -0.4 is 10.1 Å². The Morgan fingerprint density at radius 1 is 1.18 bits per heavy atom. The van der Waals surface area contributed by atoms with E-state index in [-0.39, 0.29) is 29.7 Å². The van der Waals surface area contributed by atoms with E-state index in [0.717, 1.165) is 12.1 Å². The van der Waals surface area contributed by atoms with E-state index in [2.05, 4.69) is 25.3 Å². The van der Waals surface area contributed by atoms with Crippen LogP contribution in [-0.4, -0.2) is 63.2 Å². The number of fused-ring (bicyclic) bond motifs is 1. The highest BCUT2D eigenvalue weighted by molar-refractivity contribution is 5.81. The second-order valence-electron chi connectivity index (χ2n) is 8.07. The summed E-state index contributed by atoms with van der Waals surface area (Å²) in [5.41, 5.74) is -0.385. The summed E-state index contributed by atoms with van der Waals surface area (Å²) >= 11 is 0. The summed E-state index contributed by atoms with van der Waals surface area (Å²) in [5, 5.41) is 15.7. The molecule has 1 N–H and O–H groups in total. The third-order valence-corrected chi connectivity index (χ3v) is 5.56. The van der Waals surface area contributed by atoms with Crippen molar-refractivity contribution in [1.29, 1.82) is 0 Å². The number of alkyl halides is 6. The first-order valence-electron chi connectivity index (χ1n) is 10.6. The number of hydrogen-bond donors (Lipinski definition) is 1. The number of anilines is 1. The minimum absolute atomic E-state index is 0.0118. The second kappa shape index (κ2) is 9.28. The van der Waals surface area contributed by atoms with Gasteiger partial charge < -0.3 is 10.1 Å². The molecule has 184 valence electrons. The zero-order valence-electron chi connectivity index (χ0n) is 18.3. The Bertz CT molecular complexity index is 1170. The number of rotatable bonds is 6. The van der Waals surface area contributed by atoms with Gasteiger partial charge in [0, 0.05) is 31.1 Å². The summed E-state index contributed by atoms with van der Waals surface area (Å²) in [5.74, 6) is -0.489. The number of aryl methyl sites for hydroxylation is 1. The highest BCUT2D eigenvalue weighted by atomic mass is 19.4. The molecule has 7 nitrogen and oxygen atoms in total. The third kappa shape index (κ3) is 5.03. The molecule has 1 saturated heterocycles. The van der Waals surface area contributed by atoms with Crippen LogP contribution in [0.25, 0.3) is 16.8 Å². The molecular formula is C21H22F6N6O. The highest BCUT2D eigenvalue weighted by Gasteiger charge is 2.33. The number of hydrogen-bond acceptors (Lipinski definition) is 6. The maximum atomic E-state index is 14.1. The molecule has 0 radical (unpaired) electrons. The lowest BCUT2D eigenvalue weighted by molar-refractivity contribution is -0.138. The van der Waals surface area contributed by atoms with Crippen LogP contribution in [0.1, 0.15) is 24.6 Å². The Hall–Kier alpha value is -3.09. The van der Waals surface area contributed by atoms with E-state index < -0.39 is 30.3 Å². The average Bonchev–Trinajstić information content (AvgIpc) is 3.14. The first kappa shape index (κ1) is 24.0. The summed E-state index contributed by atoms with van der Waals surface area (Å²) in [7, 11) is 0. The topological polar surface area (TPSA) is 67.6 Å². The predicted octanol–water partition coefficient (Wildman–Crippen LogP) is 4.56. The molecule has 1 aromatic carbocycles. The van der Waals surface area contributed by atoms with Crippen molar-refractivity contribution in [3.8, 4) is 17.0 Å². The number of benzene rings is 1. The van der Waals surface area contributed by atoms with E-state index in [4.69, 9.17) is 0 Å². The summed E-state index contributed by atoms with van der Waals surface area (Å²) in [6.07, 6.45) is -5.51. The molecule has 0 saturated carbocycles. The zero-order chi connectivity index (χ0) is 24.6. The van der Waals surface area contributed by atoms with Crippen LogP contribution in [0.3, 0.4) is 0 Å². The lowest BCUT2D eigenvalue weighted by atomic mass is 10.0. The minimum atomic E-state index is -4.75. The molecule has 2 atom stereocenters. The fourth-order valence-corrected chi connectivity index (χ4v) is 4.06. The molecule has 34 heavy (non-hydrogen) atoms. The number of ether oxygens (including phenoxy) is 1. The molecule has 0 aliphatic carbocycles. The van der Waals surface area contributed by atoms with Crippen molar-refractivity contribution < 1.29 is 31.1 Å². The number of nitrogens with one attached hydrogen (secondary N) is 1. The SMILES string of the molecule is CCN1C[C@@H](F)C[C@H](Nc2nnc(-c3ccc(C(F)(F)F)cc3OC(F)F)c3cc(C)nn23)C1. The van der Waals surface area contributed by atoms with Crippen LogP contribution >= 0.6 is 0 Å². The highest BCUT2D eigenvalue weighted by Crippen LogP contribution is 2.38. The Morgan fingerprint density at radius 2 is 1.94 bits per heavy atom. The van der Waals surface area contributed by atoms with Gasteiger partial charge in [-0.15, -0.1) is 10.2 Å². The maximum Gasteiger partial charge on any atom is 0.416 e. The molecule has 0 unspecified atom stereocenters. The van der Waals surface area contributed by atoms with Crippen LogP contribution in [-0.2, 0) is 6.18 Å². The van der Waals surface area contributed by atoms with E-state index in [9.17, 15) is 26.3 Å². The van der Waals surface area contributed by atoms with Crippen LogP contribution in [0.5, 0.6) is 5.75 Å². The molecule has 0 bridgehead atoms. The Morgan fingerprint density at radius 3 is 2.62 bits per heavy atom. The summed E-state index contributed by atoms with van der Waals surface area (Å²) in [6.45, 7) is 1.87. The molecular weight excluding hydrogens is 466 g/mol. The number of likely N-dealkylation sites (N-methyl/N-ethyl adjacent to an activating group) is 1. The van der Waals surface area contributed by atoms with Crippen molar-refractivity contribution in [1.82, 2.24) is 24.7 Å². The van der Waals surface area contributed by atoms with Crippen LogP contribution in [0.15, 0.2) is 24.3 Å². The second-order valence-corrected chi connectivity index (χ2v) is 8.07. The molecule has 0 amide bonds. The summed E-state index contributed by atoms with van der Waals surface area (Å²) < 4.78 is 85.2. The van der Waals surface area contributed by atoms with E-state index in [1.165, 1.54) is 4.52 Å². The van der Waals surface area contributed by atoms with Gasteiger partial charge in [0.2, 0.25) is 5.95 Å². The number of nitrogens with zero attached hydrogens (tertiary/aromatic N) is 5. The molecule has 2 aromatic heterocycles. The molecule has 3 heterocycles. The fourth-order valence-electron chi connectivity index (χ4n) is 4.06. The van der Waals surface area contributed by atoms with Gasteiger partial charge in [-0.2, -0.15) is 31.6 Å². The van der Waals surface area contributed by atoms with Crippen LogP contribution in [0.2, 0.25) is 0 Å². The minimum Gasteiger partial charge on any atom is -0.434 e. The molecule has 1 aliphatic rings. The monoisotopic (exact) mass is 488 g/mol. The van der Waals surface area contributed by atoms with E-state index in [0.29, 0.717) is 36.9 Å². The van der Waals surface area contributed by atoms with Crippen molar-refractivity contribution in [3.63, 3.8) is 0 Å². The summed E-state index contributed by atoms with van der Waals surface area (Å²) in [6, 6.07) is 3.58. The first-order chi connectivity index (χ1) is 16.0. The molecule has 3 aromatic rings. The number of likely N-dealkylation sites (tertiary alicyclic amines) is 1. The van der Waals surface area contributed by atoms with Crippen LogP contribution in [0.4, 0.5) is 32.3 Å². The maximum absolute atomic E-state index is 14.1. The first-order valence-corrected chi connectivity index (χ1v) is 10.6. The Kier molecular flexibility index (Phi) is 6.56. The number of aromatic nitrogens is 4. The molecule has 1 fully saturated rings. The van der Waals surface area contributed by atoms with Crippen molar-refractivity contribution in [3.05, 3.63) is 35.5 Å². The molecule has 1 aliphatic heterocycles. The van der Waals surface area contributed by atoms with Gasteiger partial charge in [-0.3, -0.25) is 4.90 Å². The van der Waals surface area contributed by atoms with Crippen molar-refractivity contribution in [2.24, 2.45) is 0 Å². The molecule has 4 rings (SSSR count). The lowest BCUT2D eigenvalue weighted by Crippen LogP contribution is -2.47. The van der Waals surface area contributed by atoms with E-state index in [1.54, 1.807) is 13.0 Å². The lowest BCUT2D eigenvalue weighted by Gasteiger charge is -2.34. The van der Waals surface area contributed by atoms with Gasteiger partial charge in [-0.25, -0.2) is 4.39 Å². The average molecular weight is 488 g/mol. The van der Waals surface area contributed by atoms with Crippen molar-refractivity contribution in [2.45, 2.75) is 45.3 Å². The standard InChI is InChI=1S/C21H22F6N6O/c1-3-32-9-13(22)8-14(10-32)28-20-30-29-18(16-6-11(2)31-33(16)20)15-5-4-12(21(25,26)27)7-17(15)34-19(23)24/h4-7,13-14,19H,3,8-10H2,1-2H3,(H,28,30)/t13-,14-/m0/s1. The Labute approximate surface area is 190 Å². The van der Waals surface area contributed by atoms with Gasteiger partial charge in [-0.1, -0.05) is 6.92 Å². The van der Waals surface area contributed by atoms with Gasteiger partial charge >= 0.3 is 12.8 Å². The molecule has 13 heteroatoms. The smallest absolute Gasteiger partial charge is 0.416 e. The van der Waals surface area contributed by atoms with Gasteiger partial charge in [-0.05, 0) is 37.7 Å². The van der Waals surface area contributed by atoms with Crippen molar-refractivity contribution >= 4 is 11.5 Å². The number of halogens is 6. The molecule has 0 spiro atoms. The normalized spacial score (nSPS) is 19.7. The van der Waals surface area contributed by atoms with E-state index >= 15 is 0 Å². The van der Waals surface area contributed by atoms with Gasteiger partial charge in [0.1, 0.15) is 17.6 Å². The fraction of sp³-hybridized carbons (Fsp3) is 0.476. The van der Waals surface area contributed by atoms with E-state index in [1.807, 2.05) is 11.8 Å². The van der Waals surface area contributed by atoms with Crippen LogP contribution in [0, 0.1) is 6.92 Å². The predicted molar refractivity (Wildman–Crippen MR) is 112 cm³/mol.